The van der Waals surface area contributed by atoms with Gasteiger partial charge in [-0.3, -0.25) is 4.79 Å². The van der Waals surface area contributed by atoms with Gasteiger partial charge in [0, 0.05) is 6.54 Å². The fourth-order valence-electron chi connectivity index (χ4n) is 1.85. The summed E-state index contributed by atoms with van der Waals surface area (Å²) in [6, 6.07) is 9.42. The Balaban J connectivity index is 2.69. The SMILES string of the molecule is CC(C)(C)OC(=O)NC[C@H](Cc1ccccc1)C(=O)C=[N+]=[N-]. The lowest BCUT2D eigenvalue weighted by molar-refractivity contribution is -0.119. The van der Waals surface area contributed by atoms with Gasteiger partial charge in [0.05, 0.1) is 5.92 Å². The van der Waals surface area contributed by atoms with Gasteiger partial charge in [0.1, 0.15) is 5.60 Å². The Morgan fingerprint density at radius 1 is 1.32 bits per heavy atom. The van der Waals surface area contributed by atoms with E-state index in [9.17, 15) is 9.59 Å². The summed E-state index contributed by atoms with van der Waals surface area (Å²) < 4.78 is 5.13. The van der Waals surface area contributed by atoms with Crippen molar-refractivity contribution >= 4 is 18.1 Å². The normalized spacial score (nSPS) is 12.0. The first kappa shape index (κ1) is 17.6. The highest BCUT2D eigenvalue weighted by Crippen LogP contribution is 2.10. The van der Waals surface area contributed by atoms with Crippen LogP contribution in [0.4, 0.5) is 4.79 Å². The number of hydrogen-bond donors (Lipinski definition) is 1. The van der Waals surface area contributed by atoms with E-state index in [1.807, 2.05) is 30.3 Å². The molecule has 1 N–H and O–H groups in total. The monoisotopic (exact) mass is 303 g/mol. The molecule has 0 aliphatic carbocycles. The van der Waals surface area contributed by atoms with Gasteiger partial charge < -0.3 is 15.6 Å². The molecule has 0 aliphatic rings. The van der Waals surface area contributed by atoms with E-state index in [-0.39, 0.29) is 12.3 Å². The third-order valence-electron chi connectivity index (χ3n) is 2.80. The van der Waals surface area contributed by atoms with Crippen LogP contribution in [0.15, 0.2) is 30.3 Å². The zero-order chi connectivity index (χ0) is 16.6. The van der Waals surface area contributed by atoms with Crippen molar-refractivity contribution in [3.8, 4) is 0 Å². The Hall–Kier alpha value is -2.46. The molecule has 0 unspecified atom stereocenters. The van der Waals surface area contributed by atoms with Crippen molar-refractivity contribution in [1.29, 1.82) is 0 Å². The summed E-state index contributed by atoms with van der Waals surface area (Å²) in [5.41, 5.74) is 8.87. The molecule has 0 saturated carbocycles. The van der Waals surface area contributed by atoms with Crippen molar-refractivity contribution in [2.24, 2.45) is 5.92 Å². The van der Waals surface area contributed by atoms with Crippen LogP contribution in [0, 0.1) is 5.92 Å². The minimum Gasteiger partial charge on any atom is -0.444 e. The Morgan fingerprint density at radius 2 is 1.95 bits per heavy atom. The number of carbonyl (C=O) groups is 2. The molecular formula is C16H21N3O3. The van der Waals surface area contributed by atoms with Crippen LogP contribution >= 0.6 is 0 Å². The van der Waals surface area contributed by atoms with Gasteiger partial charge in [0.25, 0.3) is 0 Å². The van der Waals surface area contributed by atoms with Crippen LogP contribution in [-0.2, 0) is 16.0 Å². The zero-order valence-electron chi connectivity index (χ0n) is 13.1. The quantitative estimate of drug-likeness (QED) is 0.496. The van der Waals surface area contributed by atoms with Crippen LogP contribution < -0.4 is 5.32 Å². The van der Waals surface area contributed by atoms with Crippen molar-refractivity contribution in [2.45, 2.75) is 32.8 Å². The van der Waals surface area contributed by atoms with Crippen LogP contribution in [0.3, 0.4) is 0 Å². The first-order valence-electron chi connectivity index (χ1n) is 7.04. The lowest BCUT2D eigenvalue weighted by Crippen LogP contribution is -2.38. The van der Waals surface area contributed by atoms with E-state index in [0.717, 1.165) is 11.8 Å². The van der Waals surface area contributed by atoms with Gasteiger partial charge >= 0.3 is 12.3 Å². The van der Waals surface area contributed by atoms with Gasteiger partial charge in [-0.25, -0.2) is 4.79 Å². The van der Waals surface area contributed by atoms with Crippen molar-refractivity contribution < 1.29 is 19.1 Å². The molecule has 0 saturated heterocycles. The molecule has 1 atom stereocenters. The number of amides is 1. The van der Waals surface area contributed by atoms with Crippen molar-refractivity contribution in [1.82, 2.24) is 5.32 Å². The summed E-state index contributed by atoms with van der Waals surface area (Å²) in [6.07, 6.45) is 0.700. The summed E-state index contributed by atoms with van der Waals surface area (Å²) in [5.74, 6) is -0.881. The second-order valence-corrected chi connectivity index (χ2v) is 5.92. The molecule has 1 rings (SSSR count). The largest absolute Gasteiger partial charge is 0.444 e. The summed E-state index contributed by atoms with van der Waals surface area (Å²) in [6.45, 7) is 5.39. The summed E-state index contributed by atoms with van der Waals surface area (Å²) >= 11 is 0. The molecule has 0 spiro atoms. The van der Waals surface area contributed by atoms with Crippen LogP contribution in [0.5, 0.6) is 0 Å². The van der Waals surface area contributed by atoms with E-state index in [1.165, 1.54) is 0 Å². The number of benzene rings is 1. The molecule has 0 radical (unpaired) electrons. The second-order valence-electron chi connectivity index (χ2n) is 5.92. The van der Waals surface area contributed by atoms with Crippen molar-refractivity contribution in [3.63, 3.8) is 0 Å². The van der Waals surface area contributed by atoms with E-state index >= 15 is 0 Å². The van der Waals surface area contributed by atoms with Crippen molar-refractivity contribution in [3.05, 3.63) is 41.4 Å². The molecule has 1 aromatic carbocycles. The number of alkyl carbamates (subject to hydrolysis) is 1. The lowest BCUT2D eigenvalue weighted by Gasteiger charge is -2.21. The maximum atomic E-state index is 11.9. The topological polar surface area (TPSA) is 91.8 Å². The Kier molecular flexibility index (Phi) is 6.47. The molecule has 22 heavy (non-hydrogen) atoms. The first-order valence-corrected chi connectivity index (χ1v) is 7.04. The lowest BCUT2D eigenvalue weighted by atomic mass is 9.95. The molecule has 1 amide bonds. The van der Waals surface area contributed by atoms with E-state index in [2.05, 4.69) is 10.1 Å². The Labute approximate surface area is 130 Å². The predicted molar refractivity (Wildman–Crippen MR) is 82.6 cm³/mol. The third kappa shape index (κ3) is 6.81. The standard InChI is InChI=1S/C16H21N3O3/c1-16(2,3)22-15(21)18-10-13(14(20)11-19-17)9-12-7-5-4-6-8-12/h4-8,11,13H,9-10H2,1-3H3,(H,18,21)/t13-/m0/s1. The number of ether oxygens (including phenoxy) is 1. The molecule has 0 heterocycles. The fourth-order valence-corrected chi connectivity index (χ4v) is 1.85. The van der Waals surface area contributed by atoms with Crippen LogP contribution in [0.25, 0.3) is 5.53 Å². The number of rotatable bonds is 6. The number of nitrogens with one attached hydrogen (secondary N) is 1. The van der Waals surface area contributed by atoms with Gasteiger partial charge in [-0.15, -0.1) is 0 Å². The molecule has 6 nitrogen and oxygen atoms in total. The van der Waals surface area contributed by atoms with Crippen LogP contribution in [-0.4, -0.2) is 35.0 Å². The number of hydrogen-bond acceptors (Lipinski definition) is 3. The highest BCUT2D eigenvalue weighted by Gasteiger charge is 2.23. The smallest absolute Gasteiger partial charge is 0.407 e. The van der Waals surface area contributed by atoms with Crippen LogP contribution in [0.2, 0.25) is 0 Å². The predicted octanol–water partition coefficient (Wildman–Crippen LogP) is 2.24. The highest BCUT2D eigenvalue weighted by molar-refractivity contribution is 6.26. The Bertz CT molecular complexity index is 558. The van der Waals surface area contributed by atoms with E-state index < -0.39 is 17.6 Å². The molecule has 118 valence electrons. The molecule has 0 fully saturated rings. The average molecular weight is 303 g/mol. The summed E-state index contributed by atoms with van der Waals surface area (Å²) in [7, 11) is 0. The summed E-state index contributed by atoms with van der Waals surface area (Å²) in [5, 5.41) is 2.57. The Morgan fingerprint density at radius 3 is 2.50 bits per heavy atom. The van der Waals surface area contributed by atoms with E-state index in [1.54, 1.807) is 20.8 Å². The van der Waals surface area contributed by atoms with Crippen LogP contribution in [0.1, 0.15) is 26.3 Å². The minimum atomic E-state index is -0.602. The second kappa shape index (κ2) is 8.10. The highest BCUT2D eigenvalue weighted by atomic mass is 16.6. The van der Waals surface area contributed by atoms with Gasteiger partial charge in [0.2, 0.25) is 5.78 Å². The number of ketones is 1. The molecular weight excluding hydrogens is 282 g/mol. The average Bonchev–Trinajstić information content (AvgIpc) is 2.43. The fraction of sp³-hybridized carbons (Fsp3) is 0.438. The van der Waals surface area contributed by atoms with Gasteiger partial charge in [0.15, 0.2) is 0 Å². The molecule has 6 heteroatoms. The maximum Gasteiger partial charge on any atom is 0.407 e. The van der Waals surface area contributed by atoms with E-state index in [0.29, 0.717) is 6.42 Å². The first-order chi connectivity index (χ1) is 10.3. The van der Waals surface area contributed by atoms with E-state index in [4.69, 9.17) is 10.3 Å². The number of Topliss-reactive ketones (excluding diaryl/α,β-unsaturated/α-hetero) is 1. The maximum absolute atomic E-state index is 11.9. The number of carbonyl (C=O) groups excluding carboxylic acids is 2. The zero-order valence-corrected chi connectivity index (χ0v) is 13.1. The minimum absolute atomic E-state index is 0.106. The van der Waals surface area contributed by atoms with Gasteiger partial charge in [-0.1, -0.05) is 30.3 Å². The molecule has 1 aromatic rings. The van der Waals surface area contributed by atoms with Gasteiger partial charge in [-0.2, -0.15) is 4.79 Å². The molecule has 0 bridgehead atoms. The molecule has 0 aromatic heterocycles. The van der Waals surface area contributed by atoms with Crippen molar-refractivity contribution in [2.75, 3.05) is 6.54 Å². The molecule has 0 aliphatic heterocycles. The third-order valence-corrected chi connectivity index (χ3v) is 2.80. The summed E-state index contributed by atoms with van der Waals surface area (Å²) in [4.78, 5) is 26.4. The number of nitrogens with zero attached hydrogens (tertiary/aromatic N) is 2. The van der Waals surface area contributed by atoms with Gasteiger partial charge in [-0.05, 0) is 32.8 Å².